The van der Waals surface area contributed by atoms with Gasteiger partial charge in [-0.1, -0.05) is 13.8 Å². The second-order valence-electron chi connectivity index (χ2n) is 3.15. The van der Waals surface area contributed by atoms with Crippen molar-refractivity contribution in [3.8, 4) is 0 Å². The molecule has 0 heterocycles. The van der Waals surface area contributed by atoms with Gasteiger partial charge in [0.1, 0.15) is 5.78 Å². The molecule has 0 amide bonds. The van der Waals surface area contributed by atoms with Gasteiger partial charge in [0.2, 0.25) is 0 Å². The van der Waals surface area contributed by atoms with Crippen LogP contribution >= 0.6 is 11.6 Å². The fourth-order valence-corrected chi connectivity index (χ4v) is 1.35. The molecule has 0 aromatic carbocycles. The normalized spacial score (nSPS) is 33.2. The Balaban J connectivity index is 2.78. The Bertz CT molecular complexity index is 140. The highest BCUT2D eigenvalue weighted by Crippen LogP contribution is 2.37. The van der Waals surface area contributed by atoms with E-state index in [1.807, 2.05) is 13.8 Å². The van der Waals surface area contributed by atoms with Crippen LogP contribution in [-0.2, 0) is 4.79 Å². The predicted octanol–water partition coefficient (Wildman–Crippen LogP) is 1.98. The first-order valence-electron chi connectivity index (χ1n) is 3.22. The van der Waals surface area contributed by atoms with E-state index in [2.05, 4.69) is 0 Å². The average Bonchev–Trinajstić information content (AvgIpc) is 1.96. The molecule has 0 aromatic heterocycles. The van der Waals surface area contributed by atoms with Gasteiger partial charge in [0.15, 0.2) is 0 Å². The lowest BCUT2D eigenvalue weighted by Crippen LogP contribution is -2.24. The molecule has 0 saturated heterocycles. The molecule has 1 aliphatic carbocycles. The number of ketones is 1. The largest absolute Gasteiger partial charge is 0.299 e. The van der Waals surface area contributed by atoms with E-state index in [-0.39, 0.29) is 10.8 Å². The number of halogens is 1. The van der Waals surface area contributed by atoms with Crippen molar-refractivity contribution in [2.45, 2.75) is 32.1 Å². The van der Waals surface area contributed by atoms with Gasteiger partial charge in [-0.25, -0.2) is 0 Å². The molecule has 1 atom stereocenters. The van der Waals surface area contributed by atoms with Gasteiger partial charge in [-0.2, -0.15) is 0 Å². The van der Waals surface area contributed by atoms with E-state index in [0.29, 0.717) is 12.2 Å². The minimum Gasteiger partial charge on any atom is -0.299 e. The van der Waals surface area contributed by atoms with Crippen LogP contribution in [0.4, 0.5) is 0 Å². The van der Waals surface area contributed by atoms with E-state index < -0.39 is 0 Å². The zero-order chi connectivity index (χ0) is 7.07. The van der Waals surface area contributed by atoms with Crippen LogP contribution in [0.1, 0.15) is 26.7 Å². The summed E-state index contributed by atoms with van der Waals surface area (Å²) >= 11 is 5.88. The fourth-order valence-electron chi connectivity index (χ4n) is 1.12. The molecular formula is C7H11ClO. The lowest BCUT2D eigenvalue weighted by molar-refractivity contribution is -0.124. The summed E-state index contributed by atoms with van der Waals surface area (Å²) in [6.45, 7) is 3.83. The summed E-state index contributed by atoms with van der Waals surface area (Å²) in [5.41, 5.74) is -0.262. The summed E-state index contributed by atoms with van der Waals surface area (Å²) in [5.74, 6) is 0.308. The van der Waals surface area contributed by atoms with Crippen LogP contribution in [-0.4, -0.2) is 11.2 Å². The van der Waals surface area contributed by atoms with Crippen LogP contribution in [0.5, 0.6) is 0 Å². The monoisotopic (exact) mass is 146 g/mol. The summed E-state index contributed by atoms with van der Waals surface area (Å²) in [4.78, 5) is 11.0. The maximum atomic E-state index is 11.0. The first kappa shape index (κ1) is 7.07. The van der Waals surface area contributed by atoms with Crippen molar-refractivity contribution in [3.05, 3.63) is 0 Å². The van der Waals surface area contributed by atoms with Crippen LogP contribution in [0.15, 0.2) is 0 Å². The predicted molar refractivity (Wildman–Crippen MR) is 37.7 cm³/mol. The molecular weight excluding hydrogens is 136 g/mol. The summed E-state index contributed by atoms with van der Waals surface area (Å²) in [6, 6.07) is 0. The van der Waals surface area contributed by atoms with Crippen molar-refractivity contribution in [2.24, 2.45) is 5.41 Å². The van der Waals surface area contributed by atoms with E-state index in [9.17, 15) is 4.79 Å². The molecule has 52 valence electrons. The Labute approximate surface area is 60.4 Å². The topological polar surface area (TPSA) is 17.1 Å². The van der Waals surface area contributed by atoms with Gasteiger partial charge in [0.05, 0.1) is 0 Å². The number of carbonyl (C=O) groups excluding carboxylic acids is 1. The van der Waals surface area contributed by atoms with Gasteiger partial charge in [0.25, 0.3) is 0 Å². The Hall–Kier alpha value is -0.0400. The first-order valence-corrected chi connectivity index (χ1v) is 3.66. The smallest absolute Gasteiger partial charge is 0.140 e. The van der Waals surface area contributed by atoms with Crippen LogP contribution in [0, 0.1) is 5.41 Å². The van der Waals surface area contributed by atoms with E-state index in [1.165, 1.54) is 0 Å². The van der Waals surface area contributed by atoms with Crippen molar-refractivity contribution in [1.29, 1.82) is 0 Å². The Morgan fingerprint density at radius 2 is 2.22 bits per heavy atom. The Kier molecular flexibility index (Phi) is 1.55. The molecule has 1 aliphatic rings. The molecule has 0 bridgehead atoms. The molecule has 1 rings (SSSR count). The van der Waals surface area contributed by atoms with Crippen molar-refractivity contribution >= 4 is 17.4 Å². The van der Waals surface area contributed by atoms with Crippen LogP contribution in [0.3, 0.4) is 0 Å². The lowest BCUT2D eigenvalue weighted by atomic mass is 9.90. The zero-order valence-electron chi connectivity index (χ0n) is 5.78. The highest BCUT2D eigenvalue weighted by molar-refractivity contribution is 6.23. The van der Waals surface area contributed by atoms with Crippen LogP contribution in [0.25, 0.3) is 0 Å². The maximum Gasteiger partial charge on any atom is 0.140 e. The van der Waals surface area contributed by atoms with Gasteiger partial charge >= 0.3 is 0 Å². The highest BCUT2D eigenvalue weighted by atomic mass is 35.5. The molecule has 0 spiro atoms. The van der Waals surface area contributed by atoms with E-state index in [4.69, 9.17) is 11.6 Å². The molecule has 9 heavy (non-hydrogen) atoms. The number of rotatable bonds is 0. The molecule has 0 radical (unpaired) electrons. The number of hydrogen-bond acceptors (Lipinski definition) is 1. The Morgan fingerprint density at radius 1 is 1.67 bits per heavy atom. The molecule has 1 unspecified atom stereocenters. The van der Waals surface area contributed by atoms with Crippen LogP contribution in [0.2, 0.25) is 0 Å². The first-order chi connectivity index (χ1) is 4.05. The SMILES string of the molecule is CC1(C)C(=O)CCC1Cl. The summed E-state index contributed by atoms with van der Waals surface area (Å²) in [5, 5.41) is 0.0602. The second kappa shape index (κ2) is 1.98. The third-order valence-electron chi connectivity index (χ3n) is 2.13. The summed E-state index contributed by atoms with van der Waals surface area (Å²) < 4.78 is 0. The third-order valence-corrected chi connectivity index (χ3v) is 2.89. The number of alkyl halides is 1. The average molecular weight is 147 g/mol. The molecule has 0 N–H and O–H groups in total. The maximum absolute atomic E-state index is 11.0. The van der Waals surface area contributed by atoms with Crippen LogP contribution < -0.4 is 0 Å². The third kappa shape index (κ3) is 0.983. The van der Waals surface area contributed by atoms with Gasteiger partial charge in [0, 0.05) is 17.2 Å². The molecule has 1 fully saturated rings. The van der Waals surface area contributed by atoms with Crippen molar-refractivity contribution in [3.63, 3.8) is 0 Å². The van der Waals surface area contributed by atoms with Crippen molar-refractivity contribution < 1.29 is 4.79 Å². The summed E-state index contributed by atoms with van der Waals surface area (Å²) in [7, 11) is 0. The van der Waals surface area contributed by atoms with E-state index in [1.54, 1.807) is 0 Å². The molecule has 0 aromatic rings. The quantitative estimate of drug-likeness (QED) is 0.478. The van der Waals surface area contributed by atoms with Gasteiger partial charge < -0.3 is 0 Å². The number of carbonyl (C=O) groups is 1. The minimum absolute atomic E-state index is 0.0602. The highest BCUT2D eigenvalue weighted by Gasteiger charge is 2.40. The van der Waals surface area contributed by atoms with E-state index in [0.717, 1.165) is 6.42 Å². The van der Waals surface area contributed by atoms with E-state index >= 15 is 0 Å². The van der Waals surface area contributed by atoms with Gasteiger partial charge in [-0.15, -0.1) is 11.6 Å². The van der Waals surface area contributed by atoms with Gasteiger partial charge in [-0.05, 0) is 6.42 Å². The van der Waals surface area contributed by atoms with Crippen molar-refractivity contribution in [2.75, 3.05) is 0 Å². The molecule has 1 nitrogen and oxygen atoms in total. The molecule has 1 saturated carbocycles. The standard InChI is InChI=1S/C7H11ClO/c1-7(2)5(8)3-4-6(7)9/h5H,3-4H2,1-2H3. The lowest BCUT2D eigenvalue weighted by Gasteiger charge is -2.18. The molecule has 0 aliphatic heterocycles. The van der Waals surface area contributed by atoms with Gasteiger partial charge in [-0.3, -0.25) is 4.79 Å². The second-order valence-corrected chi connectivity index (χ2v) is 3.68. The number of hydrogen-bond donors (Lipinski definition) is 0. The zero-order valence-corrected chi connectivity index (χ0v) is 6.53. The minimum atomic E-state index is -0.262. The summed E-state index contributed by atoms with van der Waals surface area (Å²) in [6.07, 6.45) is 1.52. The number of Topliss-reactive ketones (excluding diaryl/α,β-unsaturated/α-hetero) is 1. The molecule has 2 heteroatoms. The Morgan fingerprint density at radius 3 is 2.33 bits per heavy atom. The van der Waals surface area contributed by atoms with Crippen molar-refractivity contribution in [1.82, 2.24) is 0 Å². The fraction of sp³-hybridized carbons (Fsp3) is 0.857.